The van der Waals surface area contributed by atoms with Crippen molar-refractivity contribution in [3.05, 3.63) is 52.1 Å². The summed E-state index contributed by atoms with van der Waals surface area (Å²) >= 11 is 0. The first kappa shape index (κ1) is 22.9. The second kappa shape index (κ2) is 8.99. The van der Waals surface area contributed by atoms with Gasteiger partial charge in [0.1, 0.15) is 17.5 Å². The summed E-state index contributed by atoms with van der Waals surface area (Å²) in [5, 5.41) is 13.8. The summed E-state index contributed by atoms with van der Waals surface area (Å²) in [7, 11) is -1.06. The van der Waals surface area contributed by atoms with Crippen LogP contribution in [0.25, 0.3) is 0 Å². The van der Waals surface area contributed by atoms with E-state index in [0.29, 0.717) is 17.1 Å². The Morgan fingerprint density at radius 2 is 1.83 bits per heavy atom. The fourth-order valence-corrected chi connectivity index (χ4v) is 4.10. The van der Waals surface area contributed by atoms with E-state index >= 15 is 0 Å². The normalized spacial score (nSPS) is 12.0. The molecule has 0 aliphatic carbocycles. The number of hydrogen-bond donors (Lipinski definition) is 1. The number of nitro groups is 1. The number of hydrogen-bond acceptors (Lipinski definition) is 7. The van der Waals surface area contributed by atoms with Gasteiger partial charge in [0.2, 0.25) is 15.9 Å². The Labute approximate surface area is 174 Å². The Hall–Kier alpha value is -3.34. The summed E-state index contributed by atoms with van der Waals surface area (Å²) in [6.07, 6.45) is 0.932. The Kier molecular flexibility index (Phi) is 6.88. The number of nitrogens with zero attached hydrogens (tertiary/aromatic N) is 2. The molecule has 0 radical (unpaired) electrons. The highest BCUT2D eigenvalue weighted by molar-refractivity contribution is 7.92. The topological polar surface area (TPSA) is 128 Å². The van der Waals surface area contributed by atoms with Crippen molar-refractivity contribution in [2.45, 2.75) is 19.9 Å². The minimum Gasteiger partial charge on any atom is -0.497 e. The van der Waals surface area contributed by atoms with E-state index in [4.69, 9.17) is 9.47 Å². The number of sulfonamides is 1. The number of rotatable bonds is 8. The molecule has 2 aromatic rings. The zero-order valence-corrected chi connectivity index (χ0v) is 18.0. The van der Waals surface area contributed by atoms with Gasteiger partial charge in [0.15, 0.2) is 0 Å². The van der Waals surface area contributed by atoms with Crippen molar-refractivity contribution in [3.63, 3.8) is 0 Å². The smallest absolute Gasteiger partial charge is 0.271 e. The predicted octanol–water partition coefficient (Wildman–Crippen LogP) is 2.71. The van der Waals surface area contributed by atoms with E-state index < -0.39 is 26.9 Å². The van der Waals surface area contributed by atoms with Crippen molar-refractivity contribution < 1.29 is 27.6 Å². The molecule has 10 nitrogen and oxygen atoms in total. The number of nitrogens with one attached hydrogen (secondary N) is 1. The fraction of sp³-hybridized carbons (Fsp3) is 0.316. The molecular formula is C19H23N3O7S. The van der Waals surface area contributed by atoms with Crippen LogP contribution in [0.4, 0.5) is 17.1 Å². The molecular weight excluding hydrogens is 414 g/mol. The first-order valence-electron chi connectivity index (χ1n) is 8.77. The zero-order chi connectivity index (χ0) is 22.6. The third-order valence-electron chi connectivity index (χ3n) is 4.39. The highest BCUT2D eigenvalue weighted by Crippen LogP contribution is 2.32. The van der Waals surface area contributed by atoms with Crippen molar-refractivity contribution in [1.29, 1.82) is 0 Å². The van der Waals surface area contributed by atoms with Gasteiger partial charge in [-0.15, -0.1) is 0 Å². The molecule has 0 aliphatic heterocycles. The van der Waals surface area contributed by atoms with Gasteiger partial charge in [0, 0.05) is 18.2 Å². The molecule has 0 aromatic heterocycles. The van der Waals surface area contributed by atoms with Gasteiger partial charge < -0.3 is 14.8 Å². The molecule has 2 rings (SSSR count). The number of methoxy groups -OCH3 is 2. The van der Waals surface area contributed by atoms with Crippen molar-refractivity contribution in [1.82, 2.24) is 0 Å². The molecule has 0 saturated carbocycles. The van der Waals surface area contributed by atoms with Crippen LogP contribution in [-0.2, 0) is 14.8 Å². The number of nitro benzene ring substituents is 1. The average molecular weight is 437 g/mol. The molecule has 0 unspecified atom stereocenters. The molecule has 11 heteroatoms. The lowest BCUT2D eigenvalue weighted by molar-refractivity contribution is -0.384. The number of non-ortho nitro benzene ring substituents is 1. The molecule has 2 aromatic carbocycles. The van der Waals surface area contributed by atoms with Gasteiger partial charge in [-0.25, -0.2) is 8.42 Å². The minimum atomic E-state index is -3.95. The maximum atomic E-state index is 12.9. The Bertz CT molecular complexity index is 1070. The quantitative estimate of drug-likeness (QED) is 0.497. The number of amides is 1. The number of anilines is 2. The molecule has 1 N–H and O–H groups in total. The van der Waals surface area contributed by atoms with E-state index in [2.05, 4.69) is 5.32 Å². The van der Waals surface area contributed by atoms with Crippen LogP contribution in [0.1, 0.15) is 12.5 Å². The molecule has 0 saturated heterocycles. The summed E-state index contributed by atoms with van der Waals surface area (Å²) in [5.74, 6) is 0.167. The number of aryl methyl sites for hydroxylation is 1. The van der Waals surface area contributed by atoms with Crippen molar-refractivity contribution in [3.8, 4) is 11.5 Å². The average Bonchev–Trinajstić information content (AvgIpc) is 2.68. The highest BCUT2D eigenvalue weighted by atomic mass is 32.2. The van der Waals surface area contributed by atoms with Crippen LogP contribution >= 0.6 is 0 Å². The lowest BCUT2D eigenvalue weighted by atomic mass is 10.1. The minimum absolute atomic E-state index is 0.0481. The van der Waals surface area contributed by atoms with Crippen molar-refractivity contribution >= 4 is 33.0 Å². The van der Waals surface area contributed by atoms with E-state index in [-0.39, 0.29) is 17.1 Å². The fourth-order valence-electron chi connectivity index (χ4n) is 2.88. The third kappa shape index (κ3) is 4.98. The largest absolute Gasteiger partial charge is 0.497 e. The van der Waals surface area contributed by atoms with Gasteiger partial charge in [0.05, 0.1) is 36.8 Å². The molecule has 0 heterocycles. The molecule has 0 bridgehead atoms. The van der Waals surface area contributed by atoms with Gasteiger partial charge in [0.25, 0.3) is 5.69 Å². The third-order valence-corrected chi connectivity index (χ3v) is 5.62. The Balaban J connectivity index is 2.47. The van der Waals surface area contributed by atoms with Gasteiger partial charge in [-0.1, -0.05) is 6.07 Å². The lowest BCUT2D eigenvalue weighted by Crippen LogP contribution is -2.45. The van der Waals surface area contributed by atoms with Gasteiger partial charge in [-0.05, 0) is 31.5 Å². The molecule has 0 aliphatic rings. The number of carbonyl (C=O) groups is 1. The van der Waals surface area contributed by atoms with Crippen molar-refractivity contribution in [2.24, 2.45) is 0 Å². The first-order valence-corrected chi connectivity index (χ1v) is 10.6. The maximum absolute atomic E-state index is 12.9. The van der Waals surface area contributed by atoms with E-state index in [1.165, 1.54) is 39.3 Å². The van der Waals surface area contributed by atoms with Crippen LogP contribution in [0.3, 0.4) is 0 Å². The second-order valence-corrected chi connectivity index (χ2v) is 8.38. The summed E-state index contributed by atoms with van der Waals surface area (Å²) in [6, 6.07) is 7.40. The summed E-state index contributed by atoms with van der Waals surface area (Å²) in [5.41, 5.74) is 0.515. The summed E-state index contributed by atoms with van der Waals surface area (Å²) < 4.78 is 36.3. The van der Waals surface area contributed by atoms with Gasteiger partial charge >= 0.3 is 0 Å². The Morgan fingerprint density at radius 3 is 2.37 bits per heavy atom. The predicted molar refractivity (Wildman–Crippen MR) is 113 cm³/mol. The standard InChI is InChI=1S/C19H23N3O7S/c1-12-6-7-14(22(24)25)10-17(12)21(30(5,26)27)13(2)19(23)20-16-11-15(28-3)8-9-18(16)29-4/h6-11,13H,1-5H3,(H,20,23)/t13-/m0/s1. The molecule has 0 spiro atoms. The van der Waals surface area contributed by atoms with Gasteiger partial charge in [-0.2, -0.15) is 0 Å². The SMILES string of the molecule is COc1ccc(OC)c(NC(=O)[C@H](C)N(c2cc([N+](=O)[O-])ccc2C)S(C)(=O)=O)c1. The Morgan fingerprint density at radius 1 is 1.17 bits per heavy atom. The first-order chi connectivity index (χ1) is 14.0. The van der Waals surface area contributed by atoms with Crippen LogP contribution in [0, 0.1) is 17.0 Å². The summed E-state index contributed by atoms with van der Waals surface area (Å²) in [6.45, 7) is 2.99. The van der Waals surface area contributed by atoms with Crippen LogP contribution in [0.15, 0.2) is 36.4 Å². The summed E-state index contributed by atoms with van der Waals surface area (Å²) in [4.78, 5) is 23.4. The number of ether oxygens (including phenoxy) is 2. The highest BCUT2D eigenvalue weighted by Gasteiger charge is 2.31. The molecule has 1 atom stereocenters. The molecule has 1 amide bonds. The number of carbonyl (C=O) groups excluding carboxylic acids is 1. The molecule has 0 fully saturated rings. The van der Waals surface area contributed by atoms with E-state index in [1.807, 2.05) is 0 Å². The van der Waals surface area contributed by atoms with E-state index in [0.717, 1.165) is 16.6 Å². The monoisotopic (exact) mass is 437 g/mol. The van der Waals surface area contributed by atoms with Crippen LogP contribution in [0.5, 0.6) is 11.5 Å². The van der Waals surface area contributed by atoms with Crippen LogP contribution < -0.4 is 19.1 Å². The van der Waals surface area contributed by atoms with Crippen molar-refractivity contribution in [2.75, 3.05) is 30.1 Å². The van der Waals surface area contributed by atoms with E-state index in [1.54, 1.807) is 19.1 Å². The molecule has 30 heavy (non-hydrogen) atoms. The van der Waals surface area contributed by atoms with Gasteiger partial charge in [-0.3, -0.25) is 19.2 Å². The lowest BCUT2D eigenvalue weighted by Gasteiger charge is -2.29. The van der Waals surface area contributed by atoms with E-state index in [9.17, 15) is 23.3 Å². The maximum Gasteiger partial charge on any atom is 0.271 e. The molecule has 162 valence electrons. The zero-order valence-electron chi connectivity index (χ0n) is 17.2. The second-order valence-electron chi connectivity index (χ2n) is 6.52. The van der Waals surface area contributed by atoms with Crippen LogP contribution in [0.2, 0.25) is 0 Å². The number of benzene rings is 2. The van der Waals surface area contributed by atoms with Crippen LogP contribution in [-0.4, -0.2) is 45.8 Å².